The van der Waals surface area contributed by atoms with Gasteiger partial charge in [0.05, 0.1) is 11.3 Å². The number of pyridine rings is 1. The van der Waals surface area contributed by atoms with E-state index >= 15 is 0 Å². The van der Waals surface area contributed by atoms with Crippen LogP contribution in [-0.4, -0.2) is 16.1 Å². The molecule has 4 heteroatoms. The summed E-state index contributed by atoms with van der Waals surface area (Å²) in [6, 6.07) is 3.77. The number of nitrogens with zero attached hydrogens (tertiary/aromatic N) is 1. The number of hydrogen-bond acceptors (Lipinski definition) is 3. The van der Waals surface area contributed by atoms with Crippen LogP contribution in [0, 0.1) is 0 Å². The van der Waals surface area contributed by atoms with Crippen molar-refractivity contribution in [3.63, 3.8) is 0 Å². The van der Waals surface area contributed by atoms with Crippen molar-refractivity contribution in [1.82, 2.24) is 10.3 Å². The minimum atomic E-state index is -0.278. The SMILES string of the molecule is CC(S)C(=O)NC(C)c1ccncc1. The number of hydrogen-bond donors (Lipinski definition) is 2. The van der Waals surface area contributed by atoms with Crippen molar-refractivity contribution in [2.45, 2.75) is 25.1 Å². The smallest absolute Gasteiger partial charge is 0.233 e. The fraction of sp³-hybridized carbons (Fsp3) is 0.400. The predicted molar refractivity (Wildman–Crippen MR) is 59.2 cm³/mol. The highest BCUT2D eigenvalue weighted by Crippen LogP contribution is 2.10. The lowest BCUT2D eigenvalue weighted by atomic mass is 10.1. The van der Waals surface area contributed by atoms with Gasteiger partial charge in [0, 0.05) is 12.4 Å². The summed E-state index contributed by atoms with van der Waals surface area (Å²) in [6.45, 7) is 3.68. The third-order valence-corrected chi connectivity index (χ3v) is 2.18. The quantitative estimate of drug-likeness (QED) is 0.744. The Labute approximate surface area is 89.3 Å². The zero-order valence-electron chi connectivity index (χ0n) is 8.27. The summed E-state index contributed by atoms with van der Waals surface area (Å²) in [4.78, 5) is 15.2. The number of thiol groups is 1. The molecular formula is C10H14N2OS. The van der Waals surface area contributed by atoms with E-state index in [1.54, 1.807) is 19.3 Å². The van der Waals surface area contributed by atoms with Crippen LogP contribution in [0.2, 0.25) is 0 Å². The van der Waals surface area contributed by atoms with Gasteiger partial charge < -0.3 is 5.32 Å². The van der Waals surface area contributed by atoms with Crippen molar-refractivity contribution < 1.29 is 4.79 Å². The van der Waals surface area contributed by atoms with Gasteiger partial charge in [-0.1, -0.05) is 0 Å². The first-order valence-electron chi connectivity index (χ1n) is 4.49. The molecule has 76 valence electrons. The van der Waals surface area contributed by atoms with Crippen molar-refractivity contribution in [2.24, 2.45) is 0 Å². The normalized spacial score (nSPS) is 14.5. The second-order valence-electron chi connectivity index (χ2n) is 3.19. The standard InChI is InChI=1S/C10H14N2OS/c1-7(12-10(13)8(2)14)9-3-5-11-6-4-9/h3-8,14H,1-2H3,(H,12,13). The Bertz CT molecular complexity index is 300. The molecule has 0 saturated heterocycles. The Morgan fingerprint density at radius 1 is 1.43 bits per heavy atom. The highest BCUT2D eigenvalue weighted by Gasteiger charge is 2.12. The molecule has 0 aliphatic rings. The van der Waals surface area contributed by atoms with Gasteiger partial charge in [-0.3, -0.25) is 9.78 Å². The van der Waals surface area contributed by atoms with E-state index in [0.717, 1.165) is 5.56 Å². The molecule has 1 N–H and O–H groups in total. The Morgan fingerprint density at radius 3 is 2.50 bits per heavy atom. The maximum absolute atomic E-state index is 11.3. The van der Waals surface area contributed by atoms with Crippen molar-refractivity contribution in [2.75, 3.05) is 0 Å². The van der Waals surface area contributed by atoms with Gasteiger partial charge in [0.2, 0.25) is 5.91 Å². The Balaban J connectivity index is 2.59. The van der Waals surface area contributed by atoms with E-state index in [0.29, 0.717) is 0 Å². The van der Waals surface area contributed by atoms with Crippen LogP contribution in [0.5, 0.6) is 0 Å². The summed E-state index contributed by atoms with van der Waals surface area (Å²) in [5.41, 5.74) is 1.04. The largest absolute Gasteiger partial charge is 0.349 e. The van der Waals surface area contributed by atoms with Gasteiger partial charge in [-0.2, -0.15) is 12.6 Å². The molecule has 0 aliphatic carbocycles. The van der Waals surface area contributed by atoms with Crippen molar-refractivity contribution in [1.29, 1.82) is 0 Å². The van der Waals surface area contributed by atoms with Crippen LogP contribution >= 0.6 is 12.6 Å². The van der Waals surface area contributed by atoms with Gasteiger partial charge in [0.15, 0.2) is 0 Å². The predicted octanol–water partition coefficient (Wildman–Crippen LogP) is 1.58. The lowest BCUT2D eigenvalue weighted by Gasteiger charge is -2.15. The fourth-order valence-electron chi connectivity index (χ4n) is 1.07. The third kappa shape index (κ3) is 3.03. The zero-order valence-corrected chi connectivity index (χ0v) is 9.16. The molecule has 1 amide bonds. The average Bonchev–Trinajstić information content (AvgIpc) is 2.19. The van der Waals surface area contributed by atoms with E-state index in [4.69, 9.17) is 0 Å². The van der Waals surface area contributed by atoms with Crippen LogP contribution < -0.4 is 5.32 Å². The van der Waals surface area contributed by atoms with E-state index in [2.05, 4.69) is 22.9 Å². The highest BCUT2D eigenvalue weighted by molar-refractivity contribution is 7.81. The van der Waals surface area contributed by atoms with Crippen LogP contribution in [0.4, 0.5) is 0 Å². The summed E-state index contributed by atoms with van der Waals surface area (Å²) >= 11 is 4.06. The summed E-state index contributed by atoms with van der Waals surface area (Å²) in [5.74, 6) is -0.0577. The molecule has 0 aromatic carbocycles. The van der Waals surface area contributed by atoms with Gasteiger partial charge in [-0.25, -0.2) is 0 Å². The molecule has 2 atom stereocenters. The van der Waals surface area contributed by atoms with Crippen LogP contribution in [0.25, 0.3) is 0 Å². The Morgan fingerprint density at radius 2 is 2.00 bits per heavy atom. The lowest BCUT2D eigenvalue weighted by molar-refractivity contribution is -0.120. The number of rotatable bonds is 3. The van der Waals surface area contributed by atoms with E-state index in [1.807, 2.05) is 19.1 Å². The van der Waals surface area contributed by atoms with Crippen molar-refractivity contribution >= 4 is 18.5 Å². The molecule has 1 heterocycles. The molecule has 1 aromatic rings. The lowest BCUT2D eigenvalue weighted by Crippen LogP contribution is -2.31. The Kier molecular flexibility index (Phi) is 3.95. The first kappa shape index (κ1) is 11.0. The topological polar surface area (TPSA) is 42.0 Å². The first-order valence-corrected chi connectivity index (χ1v) is 5.01. The molecule has 14 heavy (non-hydrogen) atoms. The second kappa shape index (κ2) is 5.00. The van der Waals surface area contributed by atoms with Crippen molar-refractivity contribution in [3.8, 4) is 0 Å². The number of aromatic nitrogens is 1. The molecule has 3 nitrogen and oxygen atoms in total. The third-order valence-electron chi connectivity index (χ3n) is 1.94. The van der Waals surface area contributed by atoms with Crippen molar-refractivity contribution in [3.05, 3.63) is 30.1 Å². The summed E-state index contributed by atoms with van der Waals surface area (Å²) in [5, 5.41) is 2.57. The maximum atomic E-state index is 11.3. The number of nitrogens with one attached hydrogen (secondary N) is 1. The van der Waals surface area contributed by atoms with E-state index in [-0.39, 0.29) is 17.2 Å². The van der Waals surface area contributed by atoms with Crippen LogP contribution in [0.3, 0.4) is 0 Å². The first-order chi connectivity index (χ1) is 6.61. The molecule has 2 unspecified atom stereocenters. The van der Waals surface area contributed by atoms with Crippen LogP contribution in [-0.2, 0) is 4.79 Å². The molecule has 0 radical (unpaired) electrons. The van der Waals surface area contributed by atoms with Gasteiger partial charge in [-0.15, -0.1) is 0 Å². The van der Waals surface area contributed by atoms with E-state index in [9.17, 15) is 4.79 Å². The van der Waals surface area contributed by atoms with Gasteiger partial charge in [0.1, 0.15) is 0 Å². The number of amides is 1. The van der Waals surface area contributed by atoms with Gasteiger partial charge in [0.25, 0.3) is 0 Å². The number of carbonyl (C=O) groups excluding carboxylic acids is 1. The summed E-state index contributed by atoms with van der Waals surface area (Å²) in [6.07, 6.45) is 3.42. The molecule has 0 fully saturated rings. The molecule has 1 rings (SSSR count). The second-order valence-corrected chi connectivity index (χ2v) is 3.96. The summed E-state index contributed by atoms with van der Waals surface area (Å²) < 4.78 is 0. The highest BCUT2D eigenvalue weighted by atomic mass is 32.1. The number of carbonyl (C=O) groups is 1. The molecule has 0 saturated carbocycles. The van der Waals surface area contributed by atoms with Gasteiger partial charge in [-0.05, 0) is 31.5 Å². The minimum absolute atomic E-state index is 0.0000926. The Hall–Kier alpha value is -1.03. The average molecular weight is 210 g/mol. The monoisotopic (exact) mass is 210 g/mol. The molecule has 0 bridgehead atoms. The molecular weight excluding hydrogens is 196 g/mol. The zero-order chi connectivity index (χ0) is 10.6. The fourth-order valence-corrected chi connectivity index (χ4v) is 1.14. The van der Waals surface area contributed by atoms with Crippen LogP contribution in [0.1, 0.15) is 25.5 Å². The van der Waals surface area contributed by atoms with E-state index < -0.39 is 0 Å². The summed E-state index contributed by atoms with van der Waals surface area (Å²) in [7, 11) is 0. The molecule has 1 aromatic heterocycles. The van der Waals surface area contributed by atoms with Gasteiger partial charge >= 0.3 is 0 Å². The molecule has 0 spiro atoms. The maximum Gasteiger partial charge on any atom is 0.233 e. The van der Waals surface area contributed by atoms with Crippen LogP contribution in [0.15, 0.2) is 24.5 Å². The van der Waals surface area contributed by atoms with E-state index in [1.165, 1.54) is 0 Å². The molecule has 0 aliphatic heterocycles. The minimum Gasteiger partial charge on any atom is -0.349 e.